The van der Waals surface area contributed by atoms with Gasteiger partial charge in [-0.2, -0.15) is 0 Å². The highest BCUT2D eigenvalue weighted by Gasteiger charge is 2.29. The normalized spacial score (nSPS) is 24.3. The summed E-state index contributed by atoms with van der Waals surface area (Å²) in [4.78, 5) is 12.9. The maximum Gasteiger partial charge on any atom is 0.323 e. The monoisotopic (exact) mass is 158 g/mol. The van der Waals surface area contributed by atoms with E-state index in [1.165, 1.54) is 0 Å². The zero-order valence-electron chi connectivity index (χ0n) is 6.75. The molecule has 64 valence electrons. The minimum atomic E-state index is -0.110. The number of nitrogens with two attached hydrogens (primary N) is 1. The van der Waals surface area contributed by atoms with E-state index in [-0.39, 0.29) is 12.0 Å². The molecule has 0 aliphatic carbocycles. The molecule has 2 N–H and O–H groups in total. The predicted octanol–water partition coefficient (Wildman–Crippen LogP) is -0.808. The number of ether oxygens (including phenoxy) is 1. The van der Waals surface area contributed by atoms with Crippen LogP contribution < -0.4 is 5.73 Å². The number of carbonyl (C=O) groups excluding carboxylic acids is 1. The first-order valence-corrected chi connectivity index (χ1v) is 3.82. The van der Waals surface area contributed by atoms with Crippen LogP contribution in [0.15, 0.2) is 0 Å². The lowest BCUT2D eigenvalue weighted by atomic mass is 10.2. The maximum atomic E-state index is 11.0. The molecule has 4 nitrogen and oxygen atoms in total. The minimum absolute atomic E-state index is 0.0569. The number of rotatable bonds is 3. The number of carbonyl (C=O) groups is 1. The Hall–Kier alpha value is -0.610. The molecule has 1 rings (SSSR count). The second-order valence-electron chi connectivity index (χ2n) is 2.74. The van der Waals surface area contributed by atoms with Crippen molar-refractivity contribution >= 4 is 5.97 Å². The highest BCUT2D eigenvalue weighted by molar-refractivity contribution is 5.77. The summed E-state index contributed by atoms with van der Waals surface area (Å²) < 4.78 is 4.81. The van der Waals surface area contributed by atoms with E-state index >= 15 is 0 Å². The van der Waals surface area contributed by atoms with Gasteiger partial charge in [0.15, 0.2) is 0 Å². The van der Waals surface area contributed by atoms with Crippen LogP contribution in [0.2, 0.25) is 0 Å². The molecule has 0 radical (unpaired) electrons. The summed E-state index contributed by atoms with van der Waals surface area (Å²) in [6.07, 6.45) is 0.801. The van der Waals surface area contributed by atoms with Gasteiger partial charge in [0.1, 0.15) is 6.04 Å². The molecule has 0 spiro atoms. The highest BCUT2D eigenvalue weighted by Crippen LogP contribution is 2.11. The Morgan fingerprint density at radius 3 is 3.00 bits per heavy atom. The van der Waals surface area contributed by atoms with Crippen LogP contribution in [0.25, 0.3) is 0 Å². The maximum absolute atomic E-state index is 11.0. The van der Waals surface area contributed by atoms with Crippen molar-refractivity contribution in [2.75, 3.05) is 26.7 Å². The molecule has 1 aliphatic rings. The van der Waals surface area contributed by atoms with Gasteiger partial charge in [0.05, 0.1) is 6.61 Å². The molecule has 1 aliphatic heterocycles. The number of likely N-dealkylation sites (N-methyl/N-ethyl adjacent to an activating group) is 1. The molecule has 0 saturated carbocycles. The van der Waals surface area contributed by atoms with Crippen molar-refractivity contribution in [1.29, 1.82) is 0 Å². The van der Waals surface area contributed by atoms with Crippen molar-refractivity contribution in [3.63, 3.8) is 0 Å². The fourth-order valence-corrected chi connectivity index (χ4v) is 1.24. The van der Waals surface area contributed by atoms with Crippen molar-refractivity contribution in [2.45, 2.75) is 12.5 Å². The Morgan fingerprint density at radius 1 is 1.82 bits per heavy atom. The Bertz CT molecular complexity index is 149. The van der Waals surface area contributed by atoms with Crippen molar-refractivity contribution in [1.82, 2.24) is 4.90 Å². The molecule has 1 unspecified atom stereocenters. The summed E-state index contributed by atoms with van der Waals surface area (Å²) in [7, 11) is 1.89. The minimum Gasteiger partial charge on any atom is -0.464 e. The molecule has 0 aromatic rings. The SMILES string of the molecule is CN(CCN)C1CCOC1=O. The first kappa shape index (κ1) is 8.49. The molecule has 11 heavy (non-hydrogen) atoms. The molecular formula is C7H14N2O2. The lowest BCUT2D eigenvalue weighted by molar-refractivity contribution is -0.141. The van der Waals surface area contributed by atoms with Gasteiger partial charge in [0.25, 0.3) is 0 Å². The van der Waals surface area contributed by atoms with Gasteiger partial charge in [0, 0.05) is 19.5 Å². The fraction of sp³-hybridized carbons (Fsp3) is 0.857. The van der Waals surface area contributed by atoms with E-state index in [0.717, 1.165) is 13.0 Å². The summed E-state index contributed by atoms with van der Waals surface area (Å²) >= 11 is 0. The Morgan fingerprint density at radius 2 is 2.55 bits per heavy atom. The highest BCUT2D eigenvalue weighted by atomic mass is 16.5. The third-order valence-corrected chi connectivity index (χ3v) is 1.92. The quantitative estimate of drug-likeness (QED) is 0.546. The van der Waals surface area contributed by atoms with Crippen LogP contribution in [-0.4, -0.2) is 43.7 Å². The van der Waals surface area contributed by atoms with Crippen molar-refractivity contribution in [3.8, 4) is 0 Å². The van der Waals surface area contributed by atoms with Crippen molar-refractivity contribution in [2.24, 2.45) is 5.73 Å². The zero-order valence-corrected chi connectivity index (χ0v) is 6.75. The first-order chi connectivity index (χ1) is 5.25. The van der Waals surface area contributed by atoms with Crippen molar-refractivity contribution < 1.29 is 9.53 Å². The van der Waals surface area contributed by atoms with Gasteiger partial charge in [-0.15, -0.1) is 0 Å². The van der Waals surface area contributed by atoms with Crippen LogP contribution in [0.4, 0.5) is 0 Å². The number of hydrogen-bond acceptors (Lipinski definition) is 4. The van der Waals surface area contributed by atoms with E-state index in [0.29, 0.717) is 13.2 Å². The van der Waals surface area contributed by atoms with Crippen LogP contribution in [0.3, 0.4) is 0 Å². The smallest absolute Gasteiger partial charge is 0.323 e. The standard InChI is InChI=1S/C7H14N2O2/c1-9(4-3-8)6-2-5-11-7(6)10/h6H,2-5,8H2,1H3. The van der Waals surface area contributed by atoms with Crippen LogP contribution in [-0.2, 0) is 9.53 Å². The van der Waals surface area contributed by atoms with E-state index in [1.807, 2.05) is 11.9 Å². The fourth-order valence-electron chi connectivity index (χ4n) is 1.24. The lowest BCUT2D eigenvalue weighted by Gasteiger charge is -2.19. The molecule has 0 amide bonds. The second-order valence-corrected chi connectivity index (χ2v) is 2.74. The molecule has 0 bridgehead atoms. The van der Waals surface area contributed by atoms with Crippen LogP contribution in [0.5, 0.6) is 0 Å². The van der Waals surface area contributed by atoms with Crippen LogP contribution in [0, 0.1) is 0 Å². The summed E-state index contributed by atoms with van der Waals surface area (Å²) in [5, 5.41) is 0. The third-order valence-electron chi connectivity index (χ3n) is 1.92. The van der Waals surface area contributed by atoms with Gasteiger partial charge in [-0.1, -0.05) is 0 Å². The molecule has 1 fully saturated rings. The average molecular weight is 158 g/mol. The topological polar surface area (TPSA) is 55.6 Å². The van der Waals surface area contributed by atoms with E-state index in [1.54, 1.807) is 0 Å². The summed E-state index contributed by atoms with van der Waals surface area (Å²) in [6, 6.07) is -0.0569. The van der Waals surface area contributed by atoms with Crippen LogP contribution >= 0.6 is 0 Å². The van der Waals surface area contributed by atoms with E-state index in [2.05, 4.69) is 0 Å². The number of cyclic esters (lactones) is 1. The van der Waals surface area contributed by atoms with Crippen molar-refractivity contribution in [3.05, 3.63) is 0 Å². The summed E-state index contributed by atoms with van der Waals surface area (Å²) in [5.41, 5.74) is 5.35. The Balaban J connectivity index is 2.39. The summed E-state index contributed by atoms with van der Waals surface area (Å²) in [5.74, 6) is -0.110. The van der Waals surface area contributed by atoms with E-state index in [9.17, 15) is 4.79 Å². The van der Waals surface area contributed by atoms with E-state index < -0.39 is 0 Å². The molecule has 0 aromatic carbocycles. The van der Waals surface area contributed by atoms with Gasteiger partial charge in [-0.05, 0) is 7.05 Å². The zero-order chi connectivity index (χ0) is 8.27. The summed E-state index contributed by atoms with van der Waals surface area (Å²) in [6.45, 7) is 1.89. The number of esters is 1. The number of nitrogens with zero attached hydrogens (tertiary/aromatic N) is 1. The third kappa shape index (κ3) is 1.91. The van der Waals surface area contributed by atoms with Crippen LogP contribution in [0.1, 0.15) is 6.42 Å². The van der Waals surface area contributed by atoms with Gasteiger partial charge in [-0.25, -0.2) is 0 Å². The molecule has 1 atom stereocenters. The van der Waals surface area contributed by atoms with Gasteiger partial charge in [0.2, 0.25) is 0 Å². The lowest BCUT2D eigenvalue weighted by Crippen LogP contribution is -2.38. The van der Waals surface area contributed by atoms with Gasteiger partial charge in [-0.3, -0.25) is 9.69 Å². The molecule has 1 saturated heterocycles. The molecule has 4 heteroatoms. The first-order valence-electron chi connectivity index (χ1n) is 3.82. The average Bonchev–Trinajstić information content (AvgIpc) is 2.36. The number of hydrogen-bond donors (Lipinski definition) is 1. The van der Waals surface area contributed by atoms with Gasteiger partial charge >= 0.3 is 5.97 Å². The largest absolute Gasteiger partial charge is 0.464 e. The Kier molecular flexibility index (Phi) is 2.84. The second kappa shape index (κ2) is 3.69. The molecule has 1 heterocycles. The predicted molar refractivity (Wildman–Crippen MR) is 41.0 cm³/mol. The van der Waals surface area contributed by atoms with E-state index in [4.69, 9.17) is 10.5 Å². The van der Waals surface area contributed by atoms with Gasteiger partial charge < -0.3 is 10.5 Å². The Labute approximate surface area is 66.3 Å². The molecule has 0 aromatic heterocycles. The molecular weight excluding hydrogens is 144 g/mol.